The third-order valence-electron chi connectivity index (χ3n) is 0.756. The van der Waals surface area contributed by atoms with E-state index in [1.807, 2.05) is 6.07 Å². The van der Waals surface area contributed by atoms with E-state index in [0.717, 1.165) is 0 Å². The molecule has 0 saturated carbocycles. The summed E-state index contributed by atoms with van der Waals surface area (Å²) in [6, 6.07) is 8.71. The van der Waals surface area contributed by atoms with Crippen LogP contribution in [0.2, 0.25) is 0 Å². The molecule has 9 heavy (non-hydrogen) atoms. The van der Waals surface area contributed by atoms with E-state index in [2.05, 4.69) is 12.6 Å². The van der Waals surface area contributed by atoms with E-state index in [4.69, 9.17) is 11.4 Å². The molecule has 2 heteroatoms. The normalized spacial score (nSPS) is 7.33. The second-order valence-electron chi connectivity index (χ2n) is 1.34. The molecule has 1 N–H and O–H groups in total. The molecule has 0 aliphatic carbocycles. The minimum Gasteiger partial charge on any atom is -0.508 e. The van der Waals surface area contributed by atoms with Crippen molar-refractivity contribution in [2.45, 2.75) is 0 Å². The van der Waals surface area contributed by atoms with Gasteiger partial charge in [0.1, 0.15) is 5.75 Å². The van der Waals surface area contributed by atoms with E-state index in [1.54, 1.807) is 24.3 Å². The fourth-order valence-electron chi connectivity index (χ4n) is 0.428. The highest BCUT2D eigenvalue weighted by molar-refractivity contribution is 7.81. The van der Waals surface area contributed by atoms with Crippen LogP contribution < -0.4 is 0 Å². The van der Waals surface area contributed by atoms with Crippen LogP contribution in [0.1, 0.15) is 0 Å². The molecule has 1 aromatic carbocycles. The molecule has 0 saturated heterocycles. The lowest BCUT2D eigenvalue weighted by molar-refractivity contribution is 0.475. The summed E-state index contributed by atoms with van der Waals surface area (Å²) >= 11 is 2.78. The fraction of sp³-hybridized carbons (Fsp3) is 0. The molecule has 0 aliphatic heterocycles. The van der Waals surface area contributed by atoms with Crippen molar-refractivity contribution in [2.24, 2.45) is 0 Å². The molecule has 0 spiro atoms. The molecule has 0 atom stereocenters. The van der Waals surface area contributed by atoms with Gasteiger partial charge in [-0.25, -0.2) is 0 Å². The number of hydrogen-bond acceptors (Lipinski definition) is 2. The molecule has 1 rings (SSSR count). The highest BCUT2D eigenvalue weighted by atomic mass is 32.1. The number of rotatable bonds is 0. The van der Waals surface area contributed by atoms with Crippen LogP contribution in [0, 0.1) is 6.26 Å². The zero-order valence-electron chi connectivity index (χ0n) is 4.78. The Hall–Kier alpha value is -0.630. The molecule has 0 unspecified atom stereocenters. The van der Waals surface area contributed by atoms with Crippen molar-refractivity contribution in [3.8, 4) is 5.75 Å². The Labute approximate surface area is 60.8 Å². The van der Waals surface area contributed by atoms with Crippen LogP contribution >= 0.6 is 12.6 Å². The van der Waals surface area contributed by atoms with Gasteiger partial charge in [0.25, 0.3) is 0 Å². The first-order valence-corrected chi connectivity index (χ1v) is 2.81. The molecule has 0 amide bonds. The maximum atomic E-state index is 8.63. The quantitative estimate of drug-likeness (QED) is 0.526. The number of phenolic OH excluding ortho intramolecular Hbond substituents is 1. The van der Waals surface area contributed by atoms with Gasteiger partial charge < -0.3 is 5.11 Å². The summed E-state index contributed by atoms with van der Waals surface area (Å²) in [5.41, 5.74) is 0. The summed E-state index contributed by atoms with van der Waals surface area (Å²) in [6.07, 6.45) is 5.44. The second kappa shape index (κ2) is 5.51. The van der Waals surface area contributed by atoms with E-state index in [9.17, 15) is 0 Å². The van der Waals surface area contributed by atoms with Crippen LogP contribution in [-0.4, -0.2) is 5.11 Å². The predicted octanol–water partition coefficient (Wildman–Crippen LogP) is 1.85. The topological polar surface area (TPSA) is 20.2 Å². The van der Waals surface area contributed by atoms with Crippen LogP contribution in [-0.2, 0) is 0 Å². The first kappa shape index (κ1) is 8.37. The monoisotopic (exact) mass is 139 g/mol. The Morgan fingerprint density at radius 1 is 1.11 bits per heavy atom. The standard InChI is InChI=1S/C6H6O.CHS/c7-6-4-2-1-3-5-6;1-2/h1-5,7H;2H. The lowest BCUT2D eigenvalue weighted by Crippen LogP contribution is -1.56. The number of para-hydroxylation sites is 1. The molecule has 0 bridgehead atoms. The highest BCUT2D eigenvalue weighted by Crippen LogP contribution is 2.02. The molecule has 0 heterocycles. The largest absolute Gasteiger partial charge is 0.508 e. The van der Waals surface area contributed by atoms with Crippen molar-refractivity contribution in [1.82, 2.24) is 0 Å². The minimum absolute atomic E-state index is 0.322. The van der Waals surface area contributed by atoms with Gasteiger partial charge in [0.15, 0.2) is 0 Å². The van der Waals surface area contributed by atoms with Crippen molar-refractivity contribution in [3.63, 3.8) is 0 Å². The number of thiol groups is 1. The van der Waals surface area contributed by atoms with Gasteiger partial charge in [-0.3, -0.25) is 0 Å². The Morgan fingerprint density at radius 2 is 1.56 bits per heavy atom. The summed E-state index contributed by atoms with van der Waals surface area (Å²) in [4.78, 5) is 0. The molecule has 3 radical (unpaired) electrons. The van der Waals surface area contributed by atoms with Crippen molar-refractivity contribution in [1.29, 1.82) is 0 Å². The minimum atomic E-state index is 0.322. The zero-order chi connectivity index (χ0) is 7.11. The van der Waals surface area contributed by atoms with Gasteiger partial charge in [-0.05, 0) is 12.1 Å². The lowest BCUT2D eigenvalue weighted by atomic mass is 10.3. The van der Waals surface area contributed by atoms with E-state index in [1.165, 1.54) is 0 Å². The Bertz CT molecular complexity index is 139. The summed E-state index contributed by atoms with van der Waals surface area (Å²) < 4.78 is 0. The molecule has 47 valence electrons. The van der Waals surface area contributed by atoms with Crippen LogP contribution in [0.5, 0.6) is 5.75 Å². The lowest BCUT2D eigenvalue weighted by Gasteiger charge is -1.82. The first-order valence-electron chi connectivity index (χ1n) is 2.36. The van der Waals surface area contributed by atoms with Crippen molar-refractivity contribution < 1.29 is 5.11 Å². The second-order valence-corrected chi connectivity index (χ2v) is 1.34. The predicted molar refractivity (Wildman–Crippen MR) is 40.3 cm³/mol. The number of phenols is 1. The molecular formula is C7H7OS. The molecule has 0 aliphatic rings. The zero-order valence-corrected chi connectivity index (χ0v) is 5.68. The van der Waals surface area contributed by atoms with E-state index < -0.39 is 0 Å². The fourth-order valence-corrected chi connectivity index (χ4v) is 0.428. The van der Waals surface area contributed by atoms with Gasteiger partial charge in [-0.15, -0.1) is 0 Å². The van der Waals surface area contributed by atoms with E-state index in [-0.39, 0.29) is 0 Å². The number of benzene rings is 1. The van der Waals surface area contributed by atoms with Gasteiger partial charge >= 0.3 is 0 Å². The average molecular weight is 139 g/mol. The Morgan fingerprint density at radius 3 is 1.78 bits per heavy atom. The first-order chi connectivity index (χ1) is 4.39. The highest BCUT2D eigenvalue weighted by Gasteiger charge is 1.74. The summed E-state index contributed by atoms with van der Waals surface area (Å²) in [7, 11) is 0. The molecule has 1 nitrogen and oxygen atoms in total. The number of aromatic hydroxyl groups is 1. The molecule has 0 aromatic heterocycles. The molecular weight excluding hydrogens is 132 g/mol. The maximum Gasteiger partial charge on any atom is 0.115 e. The van der Waals surface area contributed by atoms with Gasteiger partial charge in [0.2, 0.25) is 0 Å². The number of hydrogen-bond donors (Lipinski definition) is 2. The maximum absolute atomic E-state index is 8.63. The van der Waals surface area contributed by atoms with E-state index >= 15 is 0 Å². The van der Waals surface area contributed by atoms with Crippen molar-refractivity contribution in [3.05, 3.63) is 36.6 Å². The van der Waals surface area contributed by atoms with Crippen LogP contribution in [0.4, 0.5) is 0 Å². The van der Waals surface area contributed by atoms with Crippen molar-refractivity contribution in [2.75, 3.05) is 0 Å². The SMILES string of the molecule is Oc1ccccc1.[C]S. The smallest absolute Gasteiger partial charge is 0.115 e. The third-order valence-corrected chi connectivity index (χ3v) is 0.756. The summed E-state index contributed by atoms with van der Waals surface area (Å²) in [5, 5.41) is 8.63. The average Bonchev–Trinajstić information content (AvgIpc) is 1.94. The van der Waals surface area contributed by atoms with E-state index in [0.29, 0.717) is 5.75 Å². The van der Waals surface area contributed by atoms with Gasteiger partial charge in [-0.2, -0.15) is 12.6 Å². The Kier molecular flexibility index (Phi) is 5.12. The van der Waals surface area contributed by atoms with Crippen LogP contribution in [0.15, 0.2) is 30.3 Å². The van der Waals surface area contributed by atoms with Crippen molar-refractivity contribution >= 4 is 12.6 Å². The third kappa shape index (κ3) is 3.91. The van der Waals surface area contributed by atoms with Crippen LogP contribution in [0.3, 0.4) is 0 Å². The van der Waals surface area contributed by atoms with Gasteiger partial charge in [-0.1, -0.05) is 18.2 Å². The van der Waals surface area contributed by atoms with Gasteiger partial charge in [0.05, 0.1) is 6.26 Å². The summed E-state index contributed by atoms with van der Waals surface area (Å²) in [6.45, 7) is 0. The molecule has 1 aromatic rings. The Balaban J connectivity index is 0.000000291. The van der Waals surface area contributed by atoms with Gasteiger partial charge in [0, 0.05) is 0 Å². The van der Waals surface area contributed by atoms with Crippen LogP contribution in [0.25, 0.3) is 0 Å². The molecule has 0 fully saturated rings. The summed E-state index contributed by atoms with van der Waals surface area (Å²) in [5.74, 6) is 0.322.